The molecule has 1 aromatic heterocycles. The van der Waals surface area contributed by atoms with Gasteiger partial charge in [-0.2, -0.15) is 11.8 Å². The van der Waals surface area contributed by atoms with E-state index in [0.29, 0.717) is 6.04 Å². The second kappa shape index (κ2) is 6.27. The Balaban J connectivity index is 1.61. The molecule has 1 saturated carbocycles. The van der Waals surface area contributed by atoms with Crippen molar-refractivity contribution in [1.29, 1.82) is 0 Å². The molecule has 2 aliphatic rings. The highest BCUT2D eigenvalue weighted by Crippen LogP contribution is 2.27. The van der Waals surface area contributed by atoms with Crippen LogP contribution in [0.2, 0.25) is 0 Å². The fraction of sp³-hybridized carbons (Fsp3) is 0.857. The third-order valence-corrected chi connectivity index (χ3v) is 5.63. The van der Waals surface area contributed by atoms with Gasteiger partial charge in [0, 0.05) is 24.3 Å². The summed E-state index contributed by atoms with van der Waals surface area (Å²) >= 11 is 2.01. The molecule has 4 nitrogen and oxygen atoms in total. The van der Waals surface area contributed by atoms with Gasteiger partial charge in [0.25, 0.3) is 0 Å². The third-order valence-electron chi connectivity index (χ3n) is 4.46. The zero-order valence-electron chi connectivity index (χ0n) is 11.8. The Bertz CT molecular complexity index is 418. The minimum atomic E-state index is 0.653. The molecule has 0 bridgehead atoms. The zero-order chi connectivity index (χ0) is 13.1. The summed E-state index contributed by atoms with van der Waals surface area (Å²) in [6.45, 7) is 1.99. The summed E-state index contributed by atoms with van der Waals surface area (Å²) in [4.78, 5) is 0. The topological polar surface area (TPSA) is 42.7 Å². The molecule has 1 aromatic rings. The first-order valence-corrected chi connectivity index (χ1v) is 8.84. The number of rotatable bonds is 4. The van der Waals surface area contributed by atoms with Gasteiger partial charge >= 0.3 is 0 Å². The Morgan fingerprint density at radius 2 is 2.11 bits per heavy atom. The molecule has 106 valence electrons. The quantitative estimate of drug-likeness (QED) is 0.919. The van der Waals surface area contributed by atoms with E-state index in [4.69, 9.17) is 0 Å². The summed E-state index contributed by atoms with van der Waals surface area (Å²) in [7, 11) is 0. The Labute approximate surface area is 119 Å². The first-order valence-electron chi connectivity index (χ1n) is 7.55. The van der Waals surface area contributed by atoms with Gasteiger partial charge in [-0.1, -0.05) is 12.8 Å². The summed E-state index contributed by atoms with van der Waals surface area (Å²) < 4.78 is 2.33. The molecule has 0 aromatic carbocycles. The van der Waals surface area contributed by atoms with Crippen LogP contribution in [-0.2, 0) is 19.5 Å². The molecule has 2 heterocycles. The van der Waals surface area contributed by atoms with E-state index in [1.165, 1.54) is 44.3 Å². The van der Waals surface area contributed by atoms with E-state index in [-0.39, 0.29) is 0 Å². The zero-order valence-corrected chi connectivity index (χ0v) is 12.6. The molecular formula is C14H24N4S. The lowest BCUT2D eigenvalue weighted by Gasteiger charge is -2.31. The fourth-order valence-corrected chi connectivity index (χ4v) is 4.30. The van der Waals surface area contributed by atoms with Crippen molar-refractivity contribution < 1.29 is 0 Å². The lowest BCUT2D eigenvalue weighted by Crippen LogP contribution is -2.40. The summed E-state index contributed by atoms with van der Waals surface area (Å²) in [5, 5.41) is 13.2. The van der Waals surface area contributed by atoms with Crippen LogP contribution in [0.25, 0.3) is 0 Å². The average molecular weight is 280 g/mol. The molecule has 1 N–H and O–H groups in total. The van der Waals surface area contributed by atoms with Gasteiger partial charge in [-0.25, -0.2) is 0 Å². The van der Waals surface area contributed by atoms with E-state index in [2.05, 4.69) is 26.3 Å². The number of nitrogens with one attached hydrogen (secondary N) is 1. The van der Waals surface area contributed by atoms with E-state index >= 15 is 0 Å². The van der Waals surface area contributed by atoms with Crippen LogP contribution in [0.5, 0.6) is 0 Å². The van der Waals surface area contributed by atoms with Gasteiger partial charge in [0.1, 0.15) is 11.6 Å². The van der Waals surface area contributed by atoms with Crippen molar-refractivity contribution in [1.82, 2.24) is 20.1 Å². The Morgan fingerprint density at radius 3 is 3.00 bits per heavy atom. The highest BCUT2D eigenvalue weighted by Gasteiger charge is 2.24. The molecule has 0 spiro atoms. The van der Waals surface area contributed by atoms with Gasteiger partial charge in [0.15, 0.2) is 0 Å². The molecule has 5 heteroatoms. The van der Waals surface area contributed by atoms with Crippen molar-refractivity contribution in [2.45, 2.75) is 69.3 Å². The first-order chi connectivity index (χ1) is 9.38. The predicted octanol–water partition coefficient (Wildman–Crippen LogP) is 2.38. The highest BCUT2D eigenvalue weighted by atomic mass is 32.2. The number of hydrogen-bond donors (Lipinski definition) is 1. The molecule has 19 heavy (non-hydrogen) atoms. The Kier molecular flexibility index (Phi) is 4.43. The normalized spacial score (nSPS) is 27.2. The molecular weight excluding hydrogens is 256 g/mol. The fourth-order valence-electron chi connectivity index (χ4n) is 3.33. The minimum Gasteiger partial charge on any atom is -0.314 e. The van der Waals surface area contributed by atoms with Crippen LogP contribution in [0.15, 0.2) is 0 Å². The van der Waals surface area contributed by atoms with Crippen molar-refractivity contribution in [2.75, 3.05) is 6.26 Å². The third kappa shape index (κ3) is 2.97. The molecule has 0 amide bonds. The van der Waals surface area contributed by atoms with E-state index in [0.717, 1.165) is 30.6 Å². The Morgan fingerprint density at radius 1 is 1.21 bits per heavy atom. The summed E-state index contributed by atoms with van der Waals surface area (Å²) in [6, 6.07) is 0.653. The monoisotopic (exact) mass is 280 g/mol. The average Bonchev–Trinajstić information content (AvgIpc) is 2.89. The van der Waals surface area contributed by atoms with Gasteiger partial charge in [-0.05, 0) is 31.9 Å². The number of aromatic nitrogens is 3. The lowest BCUT2D eigenvalue weighted by molar-refractivity contribution is 0.374. The maximum atomic E-state index is 4.38. The van der Waals surface area contributed by atoms with E-state index in [1.54, 1.807) is 0 Å². The number of fused-ring (bicyclic) bond motifs is 1. The maximum Gasteiger partial charge on any atom is 0.147 e. The largest absolute Gasteiger partial charge is 0.314 e. The first kappa shape index (κ1) is 13.4. The number of thioether (sulfide) groups is 1. The molecule has 0 saturated heterocycles. The van der Waals surface area contributed by atoms with Crippen molar-refractivity contribution in [3.05, 3.63) is 11.6 Å². The van der Waals surface area contributed by atoms with Crippen LogP contribution in [0.3, 0.4) is 0 Å². The van der Waals surface area contributed by atoms with Crippen molar-refractivity contribution >= 4 is 11.8 Å². The van der Waals surface area contributed by atoms with E-state index in [9.17, 15) is 0 Å². The van der Waals surface area contributed by atoms with Crippen molar-refractivity contribution in [3.8, 4) is 0 Å². The molecule has 3 rings (SSSR count). The molecule has 2 atom stereocenters. The van der Waals surface area contributed by atoms with Crippen LogP contribution in [0, 0.1) is 0 Å². The molecule has 1 fully saturated rings. The van der Waals surface area contributed by atoms with Gasteiger partial charge in [0.05, 0.1) is 6.54 Å². The number of hydrogen-bond acceptors (Lipinski definition) is 4. The van der Waals surface area contributed by atoms with Gasteiger partial charge in [0.2, 0.25) is 0 Å². The number of aryl methyl sites for hydroxylation is 1. The van der Waals surface area contributed by atoms with Gasteiger partial charge in [-0.15, -0.1) is 10.2 Å². The molecule has 1 aliphatic carbocycles. The maximum absolute atomic E-state index is 4.38. The van der Waals surface area contributed by atoms with Gasteiger partial charge in [-0.3, -0.25) is 0 Å². The lowest BCUT2D eigenvalue weighted by atomic mass is 9.95. The van der Waals surface area contributed by atoms with Gasteiger partial charge < -0.3 is 9.88 Å². The van der Waals surface area contributed by atoms with Crippen LogP contribution in [0.1, 0.15) is 50.2 Å². The predicted molar refractivity (Wildman–Crippen MR) is 79.4 cm³/mol. The molecule has 1 aliphatic heterocycles. The molecule has 0 radical (unpaired) electrons. The SMILES string of the molecule is CSC1CCCCC1NCc1nnc2n1CCCC2. The second-order valence-corrected chi connectivity index (χ2v) is 6.76. The summed E-state index contributed by atoms with van der Waals surface area (Å²) in [5.41, 5.74) is 0. The van der Waals surface area contributed by atoms with E-state index in [1.807, 2.05) is 11.8 Å². The number of nitrogens with zero attached hydrogens (tertiary/aromatic N) is 3. The van der Waals surface area contributed by atoms with Crippen LogP contribution in [0.4, 0.5) is 0 Å². The van der Waals surface area contributed by atoms with Crippen LogP contribution < -0.4 is 5.32 Å². The van der Waals surface area contributed by atoms with Crippen LogP contribution >= 0.6 is 11.8 Å². The summed E-state index contributed by atoms with van der Waals surface area (Å²) in [6.07, 6.45) is 11.3. The second-order valence-electron chi connectivity index (χ2n) is 5.69. The van der Waals surface area contributed by atoms with Crippen LogP contribution in [-0.4, -0.2) is 32.3 Å². The van der Waals surface area contributed by atoms with E-state index < -0.39 is 0 Å². The minimum absolute atomic E-state index is 0.653. The van der Waals surface area contributed by atoms with Crippen molar-refractivity contribution in [2.24, 2.45) is 0 Å². The standard InChI is InChI=1S/C14H24N4S/c1-19-12-7-3-2-6-11(12)15-10-14-17-16-13-8-4-5-9-18(13)14/h11-12,15H,2-10H2,1H3. The highest BCUT2D eigenvalue weighted by molar-refractivity contribution is 7.99. The van der Waals surface area contributed by atoms with Crippen molar-refractivity contribution in [3.63, 3.8) is 0 Å². The Hall–Kier alpha value is -0.550. The summed E-state index contributed by atoms with van der Waals surface area (Å²) in [5.74, 6) is 2.33. The molecule has 2 unspecified atom stereocenters. The smallest absolute Gasteiger partial charge is 0.147 e.